The second kappa shape index (κ2) is 3.76. The summed E-state index contributed by atoms with van der Waals surface area (Å²) in [6, 6.07) is 6.80. The summed E-state index contributed by atoms with van der Waals surface area (Å²) in [6.07, 6.45) is 0.370. The molecule has 0 aromatic heterocycles. The first-order chi connectivity index (χ1) is 5.72. The van der Waals surface area contributed by atoms with E-state index in [9.17, 15) is 4.79 Å². The molecule has 1 aromatic carbocycles. The van der Waals surface area contributed by atoms with Gasteiger partial charge in [-0.15, -0.1) is 0 Å². The highest BCUT2D eigenvalue weighted by Gasteiger charge is 2.00. The minimum Gasteiger partial charge on any atom is -0.426 e. The Labute approximate surface area is 71.1 Å². The van der Waals surface area contributed by atoms with Crippen molar-refractivity contribution in [3.63, 3.8) is 0 Å². The van der Waals surface area contributed by atoms with E-state index >= 15 is 0 Å². The first kappa shape index (κ1) is 8.59. The molecular formula is C9H11NO2. The molecule has 0 aliphatic rings. The van der Waals surface area contributed by atoms with E-state index in [2.05, 4.69) is 0 Å². The van der Waals surface area contributed by atoms with Gasteiger partial charge < -0.3 is 10.5 Å². The monoisotopic (exact) mass is 165 g/mol. The van der Waals surface area contributed by atoms with Crippen LogP contribution in [0.1, 0.15) is 13.3 Å². The van der Waals surface area contributed by atoms with Gasteiger partial charge in [-0.3, -0.25) is 4.79 Å². The molecule has 0 radical (unpaired) electrons. The van der Waals surface area contributed by atoms with Crippen molar-refractivity contribution in [3.8, 4) is 5.75 Å². The second-order valence-electron chi connectivity index (χ2n) is 2.40. The van der Waals surface area contributed by atoms with Crippen LogP contribution in [0.4, 0.5) is 5.69 Å². The third kappa shape index (κ3) is 2.27. The molecule has 0 amide bonds. The summed E-state index contributed by atoms with van der Waals surface area (Å²) in [5, 5.41) is 0. The van der Waals surface area contributed by atoms with Gasteiger partial charge in [0.1, 0.15) is 5.75 Å². The third-order valence-electron chi connectivity index (χ3n) is 1.38. The average molecular weight is 165 g/mol. The molecule has 1 aromatic rings. The molecule has 0 saturated carbocycles. The lowest BCUT2D eigenvalue weighted by atomic mass is 10.3. The molecule has 0 heterocycles. The lowest BCUT2D eigenvalue weighted by Crippen LogP contribution is -2.05. The molecule has 3 nitrogen and oxygen atoms in total. The Balaban J connectivity index is 2.69. The van der Waals surface area contributed by atoms with Gasteiger partial charge in [0.05, 0.1) is 0 Å². The number of benzene rings is 1. The Hall–Kier alpha value is -1.51. The molecule has 0 saturated heterocycles. The summed E-state index contributed by atoms with van der Waals surface area (Å²) in [7, 11) is 0. The van der Waals surface area contributed by atoms with Gasteiger partial charge in [-0.05, 0) is 12.1 Å². The van der Waals surface area contributed by atoms with Crippen molar-refractivity contribution >= 4 is 11.7 Å². The molecule has 0 bridgehead atoms. The number of ether oxygens (including phenoxy) is 1. The number of hydrogen-bond donors (Lipinski definition) is 1. The Morgan fingerprint density at radius 1 is 1.58 bits per heavy atom. The van der Waals surface area contributed by atoms with Crippen LogP contribution in [0, 0.1) is 0 Å². The molecule has 1 rings (SSSR count). The van der Waals surface area contributed by atoms with E-state index in [1.54, 1.807) is 31.2 Å². The minimum absolute atomic E-state index is 0.249. The maximum absolute atomic E-state index is 10.8. The lowest BCUT2D eigenvalue weighted by Gasteiger charge is -2.02. The van der Waals surface area contributed by atoms with Gasteiger partial charge in [0.2, 0.25) is 0 Å². The molecule has 0 atom stereocenters. The van der Waals surface area contributed by atoms with Crippen LogP contribution in [0.3, 0.4) is 0 Å². The van der Waals surface area contributed by atoms with Gasteiger partial charge in [0, 0.05) is 18.2 Å². The first-order valence-corrected chi connectivity index (χ1v) is 3.78. The zero-order valence-electron chi connectivity index (χ0n) is 6.91. The first-order valence-electron chi connectivity index (χ1n) is 3.78. The number of nitrogens with two attached hydrogens (primary N) is 1. The van der Waals surface area contributed by atoms with Crippen molar-refractivity contribution in [2.45, 2.75) is 13.3 Å². The quantitative estimate of drug-likeness (QED) is 0.411. The van der Waals surface area contributed by atoms with Crippen LogP contribution >= 0.6 is 0 Å². The molecule has 64 valence electrons. The average Bonchev–Trinajstić information content (AvgIpc) is 2.04. The van der Waals surface area contributed by atoms with Crippen LogP contribution in [0.25, 0.3) is 0 Å². The summed E-state index contributed by atoms with van der Waals surface area (Å²) in [6.45, 7) is 1.74. The Morgan fingerprint density at radius 3 is 2.92 bits per heavy atom. The number of anilines is 1. The van der Waals surface area contributed by atoms with Crippen LogP contribution in [0.15, 0.2) is 24.3 Å². The minimum atomic E-state index is -0.249. The SMILES string of the molecule is CCC(=O)Oc1cccc(N)c1. The Bertz CT molecular complexity index is 284. The van der Waals surface area contributed by atoms with Crippen molar-refractivity contribution in [2.24, 2.45) is 0 Å². The van der Waals surface area contributed by atoms with E-state index in [1.807, 2.05) is 0 Å². The van der Waals surface area contributed by atoms with Crippen LogP contribution in [0.2, 0.25) is 0 Å². The predicted octanol–water partition coefficient (Wildman–Crippen LogP) is 1.58. The molecule has 2 N–H and O–H groups in total. The molecular weight excluding hydrogens is 154 g/mol. The van der Waals surface area contributed by atoms with E-state index in [1.165, 1.54) is 0 Å². The molecule has 3 heteroatoms. The Kier molecular flexibility index (Phi) is 2.69. The molecule has 0 fully saturated rings. The number of nitrogen functional groups attached to an aromatic ring is 1. The number of carbonyl (C=O) groups excluding carboxylic acids is 1. The highest BCUT2D eigenvalue weighted by Crippen LogP contribution is 2.14. The number of esters is 1. The Morgan fingerprint density at radius 2 is 2.33 bits per heavy atom. The van der Waals surface area contributed by atoms with Crippen molar-refractivity contribution in [1.82, 2.24) is 0 Å². The van der Waals surface area contributed by atoms with Gasteiger partial charge >= 0.3 is 5.97 Å². The zero-order chi connectivity index (χ0) is 8.97. The second-order valence-corrected chi connectivity index (χ2v) is 2.40. The number of carbonyl (C=O) groups is 1. The van der Waals surface area contributed by atoms with Gasteiger partial charge in [-0.25, -0.2) is 0 Å². The zero-order valence-corrected chi connectivity index (χ0v) is 6.91. The molecule has 0 aliphatic heterocycles. The molecule has 12 heavy (non-hydrogen) atoms. The summed E-state index contributed by atoms with van der Waals surface area (Å²) < 4.78 is 4.93. The van der Waals surface area contributed by atoms with Crippen LogP contribution < -0.4 is 10.5 Å². The van der Waals surface area contributed by atoms with E-state index < -0.39 is 0 Å². The van der Waals surface area contributed by atoms with Crippen molar-refractivity contribution in [1.29, 1.82) is 0 Å². The largest absolute Gasteiger partial charge is 0.426 e. The molecule has 0 aliphatic carbocycles. The highest BCUT2D eigenvalue weighted by molar-refractivity contribution is 5.72. The van der Waals surface area contributed by atoms with Crippen molar-refractivity contribution < 1.29 is 9.53 Å². The maximum atomic E-state index is 10.8. The predicted molar refractivity (Wildman–Crippen MR) is 46.8 cm³/mol. The fourth-order valence-electron chi connectivity index (χ4n) is 0.782. The number of hydrogen-bond acceptors (Lipinski definition) is 3. The van der Waals surface area contributed by atoms with Crippen molar-refractivity contribution in [2.75, 3.05) is 5.73 Å². The molecule has 0 spiro atoms. The summed E-state index contributed by atoms with van der Waals surface area (Å²) >= 11 is 0. The van der Waals surface area contributed by atoms with E-state index in [0.717, 1.165) is 0 Å². The standard InChI is InChI=1S/C9H11NO2/c1-2-9(11)12-8-5-3-4-7(10)6-8/h3-6H,2,10H2,1H3. The smallest absolute Gasteiger partial charge is 0.310 e. The highest BCUT2D eigenvalue weighted by atomic mass is 16.5. The van der Waals surface area contributed by atoms with Gasteiger partial charge in [0.25, 0.3) is 0 Å². The molecule has 0 unspecified atom stereocenters. The van der Waals surface area contributed by atoms with E-state index in [4.69, 9.17) is 10.5 Å². The summed E-state index contributed by atoms with van der Waals surface area (Å²) in [4.78, 5) is 10.8. The normalized spacial score (nSPS) is 9.42. The number of rotatable bonds is 2. The van der Waals surface area contributed by atoms with Crippen LogP contribution in [-0.2, 0) is 4.79 Å². The van der Waals surface area contributed by atoms with E-state index in [0.29, 0.717) is 17.9 Å². The van der Waals surface area contributed by atoms with E-state index in [-0.39, 0.29) is 5.97 Å². The van der Waals surface area contributed by atoms with Crippen LogP contribution in [0.5, 0.6) is 5.75 Å². The van der Waals surface area contributed by atoms with Crippen molar-refractivity contribution in [3.05, 3.63) is 24.3 Å². The summed E-state index contributed by atoms with van der Waals surface area (Å²) in [5.41, 5.74) is 6.08. The van der Waals surface area contributed by atoms with Gasteiger partial charge in [-0.2, -0.15) is 0 Å². The summed E-state index contributed by atoms with van der Waals surface area (Å²) in [5.74, 6) is 0.252. The maximum Gasteiger partial charge on any atom is 0.310 e. The fourth-order valence-corrected chi connectivity index (χ4v) is 0.782. The lowest BCUT2D eigenvalue weighted by molar-refractivity contribution is -0.134. The van der Waals surface area contributed by atoms with Gasteiger partial charge in [-0.1, -0.05) is 13.0 Å². The third-order valence-corrected chi connectivity index (χ3v) is 1.38. The topological polar surface area (TPSA) is 52.3 Å². The van der Waals surface area contributed by atoms with Gasteiger partial charge in [0.15, 0.2) is 0 Å². The van der Waals surface area contributed by atoms with Crippen LogP contribution in [-0.4, -0.2) is 5.97 Å². The fraction of sp³-hybridized carbons (Fsp3) is 0.222.